The molecule has 5 atom stereocenters. The number of piperidine rings is 1. The average molecular weight is 525 g/mol. The number of unbranched alkanes of at least 4 members (excludes halogenated alkanes) is 1. The topological polar surface area (TPSA) is 91.3 Å². The maximum Gasteiger partial charge on any atom is 0.225 e. The fourth-order valence-corrected chi connectivity index (χ4v) is 6.26. The number of benzene rings is 2. The number of para-hydroxylation sites is 2. The number of nitrogens with zero attached hydrogens (tertiary/aromatic N) is 1. The Labute approximate surface area is 227 Å². The van der Waals surface area contributed by atoms with Crippen LogP contribution in [0.4, 0.5) is 0 Å². The van der Waals surface area contributed by atoms with Gasteiger partial charge in [-0.15, -0.1) is 0 Å². The van der Waals surface area contributed by atoms with Crippen LogP contribution in [0.25, 0.3) is 0 Å². The van der Waals surface area contributed by atoms with Gasteiger partial charge in [0.05, 0.1) is 11.7 Å². The molecule has 0 bridgehead atoms. The average Bonchev–Trinajstić information content (AvgIpc) is 3.32. The molecule has 208 valence electrons. The van der Waals surface area contributed by atoms with E-state index in [-0.39, 0.29) is 23.8 Å². The first-order valence-corrected chi connectivity index (χ1v) is 14.1. The third kappa shape index (κ3) is 6.40. The molecule has 0 radical (unpaired) electrons. The van der Waals surface area contributed by atoms with E-state index in [1.165, 1.54) is 0 Å². The molecule has 4 rings (SSSR count). The second kappa shape index (κ2) is 13.1. The number of carbonyl (C=O) groups excluding carboxylic acids is 1. The zero-order chi connectivity index (χ0) is 27.1. The van der Waals surface area contributed by atoms with E-state index < -0.39 is 11.7 Å². The summed E-state index contributed by atoms with van der Waals surface area (Å²) in [5.74, 6) is 1.19. The maximum absolute atomic E-state index is 13.5. The molecule has 2 aliphatic rings. The van der Waals surface area contributed by atoms with Gasteiger partial charge in [-0.3, -0.25) is 4.79 Å². The summed E-state index contributed by atoms with van der Waals surface area (Å²) in [6.45, 7) is 3.84. The van der Waals surface area contributed by atoms with Crippen LogP contribution in [0.3, 0.4) is 0 Å². The highest BCUT2D eigenvalue weighted by molar-refractivity contribution is 5.79. The summed E-state index contributed by atoms with van der Waals surface area (Å²) in [7, 11) is 3.53. The van der Waals surface area contributed by atoms with Crippen molar-refractivity contribution in [1.29, 1.82) is 0 Å². The van der Waals surface area contributed by atoms with Crippen LogP contribution in [0, 0.1) is 18.8 Å². The Hall–Kier alpha value is -2.45. The first kappa shape index (κ1) is 28.6. The summed E-state index contributed by atoms with van der Waals surface area (Å²) in [4.78, 5) is 15.5. The van der Waals surface area contributed by atoms with E-state index in [4.69, 9.17) is 9.47 Å². The van der Waals surface area contributed by atoms with E-state index in [1.807, 2.05) is 67.4 Å². The first-order chi connectivity index (χ1) is 18.4. The molecular formula is C31H44N2O5. The minimum Gasteiger partial charge on any atom is -0.457 e. The number of hydrogen-bond donors (Lipinski definition) is 3. The first-order valence-electron chi connectivity index (χ1n) is 14.1. The normalized spacial score (nSPS) is 25.2. The highest BCUT2D eigenvalue weighted by atomic mass is 16.5. The quantitative estimate of drug-likeness (QED) is 0.378. The second-order valence-corrected chi connectivity index (χ2v) is 11.0. The fraction of sp³-hybridized carbons (Fsp3) is 0.581. The van der Waals surface area contributed by atoms with Crippen molar-refractivity contribution in [2.45, 2.75) is 69.6 Å². The second-order valence-electron chi connectivity index (χ2n) is 11.0. The maximum atomic E-state index is 13.5. The molecule has 1 heterocycles. The van der Waals surface area contributed by atoms with Crippen LogP contribution in [-0.4, -0.2) is 67.0 Å². The Morgan fingerprint density at radius 2 is 1.84 bits per heavy atom. The van der Waals surface area contributed by atoms with E-state index in [0.717, 1.165) is 42.6 Å². The van der Waals surface area contributed by atoms with Crippen LogP contribution >= 0.6 is 0 Å². The lowest BCUT2D eigenvalue weighted by molar-refractivity contribution is -0.141. The van der Waals surface area contributed by atoms with E-state index >= 15 is 0 Å². The van der Waals surface area contributed by atoms with E-state index in [0.29, 0.717) is 44.7 Å². The van der Waals surface area contributed by atoms with Crippen molar-refractivity contribution < 1.29 is 24.5 Å². The van der Waals surface area contributed by atoms with Crippen LogP contribution in [-0.2, 0) is 15.1 Å². The highest BCUT2D eigenvalue weighted by Crippen LogP contribution is 2.45. The molecule has 2 fully saturated rings. The van der Waals surface area contributed by atoms with Crippen molar-refractivity contribution in [3.8, 4) is 11.5 Å². The Morgan fingerprint density at radius 1 is 1.11 bits per heavy atom. The molecular weight excluding hydrogens is 480 g/mol. The van der Waals surface area contributed by atoms with Gasteiger partial charge in [0, 0.05) is 50.2 Å². The van der Waals surface area contributed by atoms with Crippen molar-refractivity contribution >= 4 is 5.91 Å². The van der Waals surface area contributed by atoms with Crippen LogP contribution in [0.5, 0.6) is 11.5 Å². The summed E-state index contributed by atoms with van der Waals surface area (Å²) in [5.41, 5.74) is 0.639. The van der Waals surface area contributed by atoms with Crippen LogP contribution < -0.4 is 10.1 Å². The van der Waals surface area contributed by atoms with Gasteiger partial charge in [-0.1, -0.05) is 36.4 Å². The number of carbonyl (C=O) groups is 1. The molecule has 2 aromatic rings. The number of aliphatic hydroxyl groups excluding tert-OH is 1. The lowest BCUT2D eigenvalue weighted by Crippen LogP contribution is -2.49. The Kier molecular flexibility index (Phi) is 9.82. The number of likely N-dealkylation sites (tertiary alicyclic amines) is 1. The third-order valence-electron chi connectivity index (χ3n) is 8.48. The van der Waals surface area contributed by atoms with Gasteiger partial charge in [0.15, 0.2) is 0 Å². The zero-order valence-corrected chi connectivity index (χ0v) is 23.1. The van der Waals surface area contributed by atoms with Crippen molar-refractivity contribution in [2.24, 2.45) is 11.8 Å². The van der Waals surface area contributed by atoms with Crippen molar-refractivity contribution in [3.05, 3.63) is 59.7 Å². The van der Waals surface area contributed by atoms with Gasteiger partial charge in [-0.25, -0.2) is 0 Å². The summed E-state index contributed by atoms with van der Waals surface area (Å²) < 4.78 is 11.7. The van der Waals surface area contributed by atoms with Crippen molar-refractivity contribution in [2.75, 3.05) is 33.9 Å². The number of amides is 1. The fourth-order valence-electron chi connectivity index (χ4n) is 6.26. The molecule has 3 N–H and O–H groups in total. The molecule has 2 aromatic carbocycles. The largest absolute Gasteiger partial charge is 0.457 e. The molecule has 1 aliphatic heterocycles. The number of nitrogens with one attached hydrogen (secondary N) is 1. The van der Waals surface area contributed by atoms with Crippen LogP contribution in [0.15, 0.2) is 48.5 Å². The summed E-state index contributed by atoms with van der Waals surface area (Å²) in [6.07, 6.45) is 4.50. The highest BCUT2D eigenvalue weighted by Gasteiger charge is 2.45. The number of aliphatic hydroxyl groups is 2. The molecule has 7 heteroatoms. The summed E-state index contributed by atoms with van der Waals surface area (Å²) in [5, 5.41) is 26.0. The van der Waals surface area contributed by atoms with E-state index in [2.05, 4.69) is 5.32 Å². The number of ether oxygens (including phenoxy) is 2. The molecule has 7 nitrogen and oxygen atoms in total. The number of rotatable bonds is 11. The zero-order valence-electron chi connectivity index (χ0n) is 23.1. The predicted molar refractivity (Wildman–Crippen MR) is 148 cm³/mol. The number of aryl methyl sites for hydroxylation is 1. The van der Waals surface area contributed by atoms with Crippen molar-refractivity contribution in [1.82, 2.24) is 10.2 Å². The lowest BCUT2D eigenvalue weighted by atomic mass is 9.73. The minimum absolute atomic E-state index is 0.0484. The molecule has 1 amide bonds. The molecule has 1 aliphatic carbocycles. The standard InChI is InChI=1S/C31H44N2O5/c1-22-11-4-6-14-28(22)38-29-15-7-5-13-25(29)31(36,16-8-9-18-37-3)24-12-10-17-33(21-24)30(35)23-19-26(32-2)27(34)20-23/h4-7,11,13-15,23-24,26-27,32,34,36H,8-10,12,16-21H2,1-3H3/t23-,24+,26+,27-,31-/m0/s1. The molecule has 0 aromatic heterocycles. The van der Waals surface area contributed by atoms with Crippen LogP contribution in [0.2, 0.25) is 0 Å². The smallest absolute Gasteiger partial charge is 0.225 e. The summed E-state index contributed by atoms with van der Waals surface area (Å²) >= 11 is 0. The monoisotopic (exact) mass is 524 g/mol. The van der Waals surface area contributed by atoms with Gasteiger partial charge < -0.3 is 29.9 Å². The van der Waals surface area contributed by atoms with Crippen molar-refractivity contribution in [3.63, 3.8) is 0 Å². The van der Waals surface area contributed by atoms with Gasteiger partial charge in [0.2, 0.25) is 5.91 Å². The minimum atomic E-state index is -1.16. The lowest BCUT2D eigenvalue weighted by Gasteiger charge is -2.44. The van der Waals surface area contributed by atoms with Crippen LogP contribution in [0.1, 0.15) is 56.1 Å². The molecule has 1 saturated heterocycles. The van der Waals surface area contributed by atoms with Gasteiger partial charge in [-0.05, 0) is 76.6 Å². The molecule has 38 heavy (non-hydrogen) atoms. The predicted octanol–water partition coefficient (Wildman–Crippen LogP) is 4.39. The van der Waals surface area contributed by atoms with Gasteiger partial charge in [-0.2, -0.15) is 0 Å². The molecule has 0 spiro atoms. The number of likely N-dealkylation sites (N-methyl/N-ethyl adjacent to an activating group) is 1. The number of hydrogen-bond acceptors (Lipinski definition) is 6. The van der Waals surface area contributed by atoms with Gasteiger partial charge >= 0.3 is 0 Å². The summed E-state index contributed by atoms with van der Waals surface area (Å²) in [6, 6.07) is 15.6. The molecule has 0 unspecified atom stereocenters. The SMILES string of the molecule is CN[C@@H]1C[C@H](C(=O)N2CCC[C@@H]([C@@](O)(CCCCOC)c3ccccc3Oc3ccccc3C)C2)C[C@@H]1O. The molecule has 1 saturated carbocycles. The number of methoxy groups -OCH3 is 1. The Balaban J connectivity index is 1.60. The Morgan fingerprint density at radius 3 is 2.55 bits per heavy atom. The van der Waals surface area contributed by atoms with E-state index in [9.17, 15) is 15.0 Å². The van der Waals surface area contributed by atoms with E-state index in [1.54, 1.807) is 7.11 Å². The third-order valence-corrected chi connectivity index (χ3v) is 8.48. The van der Waals surface area contributed by atoms with Gasteiger partial charge in [0.25, 0.3) is 0 Å². The van der Waals surface area contributed by atoms with Gasteiger partial charge in [0.1, 0.15) is 11.5 Å². The Bertz CT molecular complexity index is 1060.